The summed E-state index contributed by atoms with van der Waals surface area (Å²) in [6, 6.07) is 0. The molecule has 0 saturated heterocycles. The minimum absolute atomic E-state index is 0.205. The van der Waals surface area contributed by atoms with Crippen molar-refractivity contribution in [3.8, 4) is 0 Å². The van der Waals surface area contributed by atoms with Crippen LogP contribution in [-0.4, -0.2) is 9.97 Å². The summed E-state index contributed by atoms with van der Waals surface area (Å²) in [5.41, 5.74) is 3.46. The number of allylic oxidation sites excluding steroid dienone is 4. The third-order valence-electron chi connectivity index (χ3n) is 2.38. The van der Waals surface area contributed by atoms with Crippen molar-refractivity contribution in [3.63, 3.8) is 0 Å². The predicted molar refractivity (Wildman–Crippen MR) is 64.6 cm³/mol. The zero-order valence-corrected chi connectivity index (χ0v) is 9.35. The zero-order valence-electron chi connectivity index (χ0n) is 9.35. The van der Waals surface area contributed by atoms with E-state index in [1.807, 2.05) is 32.9 Å². The monoisotopic (exact) mass is 204 g/mol. The average molecular weight is 204 g/mol. The van der Waals surface area contributed by atoms with Crippen molar-refractivity contribution in [2.24, 2.45) is 0 Å². The molecule has 0 aromatic carbocycles. The standard InChI is InChI=1S/C12H16N2O/c1-5-8(4)9(6-2)11-10(7-3)13-12(15)14-11/h5-7H,3H2,1-2,4H3,(H2,13,14,15)/b8-5+,9-6-. The molecule has 0 radical (unpaired) electrons. The molecule has 1 heterocycles. The van der Waals surface area contributed by atoms with Gasteiger partial charge in [-0.15, -0.1) is 0 Å². The maximum absolute atomic E-state index is 11.2. The van der Waals surface area contributed by atoms with Gasteiger partial charge in [-0.25, -0.2) is 4.79 Å². The number of rotatable bonds is 3. The van der Waals surface area contributed by atoms with Crippen molar-refractivity contribution in [2.75, 3.05) is 0 Å². The van der Waals surface area contributed by atoms with Crippen LogP contribution in [0.4, 0.5) is 0 Å². The van der Waals surface area contributed by atoms with Crippen LogP contribution in [0.25, 0.3) is 11.6 Å². The van der Waals surface area contributed by atoms with E-state index in [1.165, 1.54) is 0 Å². The van der Waals surface area contributed by atoms with E-state index in [9.17, 15) is 4.79 Å². The minimum atomic E-state index is -0.205. The summed E-state index contributed by atoms with van der Waals surface area (Å²) >= 11 is 0. The second-order valence-corrected chi connectivity index (χ2v) is 3.25. The first-order chi connectivity index (χ1) is 7.13. The van der Waals surface area contributed by atoms with E-state index in [0.29, 0.717) is 0 Å². The SMILES string of the molecule is C=Cc1[nH]c(=O)[nH]c1C(=C\C)/C(C)=C/C. The van der Waals surface area contributed by atoms with Crippen LogP contribution in [-0.2, 0) is 0 Å². The van der Waals surface area contributed by atoms with E-state index in [0.717, 1.165) is 22.5 Å². The van der Waals surface area contributed by atoms with Gasteiger partial charge in [-0.2, -0.15) is 0 Å². The lowest BCUT2D eigenvalue weighted by Gasteiger charge is -2.05. The number of imidazole rings is 1. The second kappa shape index (κ2) is 4.64. The first-order valence-corrected chi connectivity index (χ1v) is 4.88. The molecule has 0 fully saturated rings. The van der Waals surface area contributed by atoms with Gasteiger partial charge in [0.25, 0.3) is 0 Å². The summed E-state index contributed by atoms with van der Waals surface area (Å²) in [5.74, 6) is 0. The molecule has 3 nitrogen and oxygen atoms in total. The van der Waals surface area contributed by atoms with Gasteiger partial charge in [0.1, 0.15) is 0 Å². The van der Waals surface area contributed by atoms with Crippen LogP contribution in [0.1, 0.15) is 32.2 Å². The van der Waals surface area contributed by atoms with E-state index in [2.05, 4.69) is 16.5 Å². The van der Waals surface area contributed by atoms with Crippen molar-refractivity contribution < 1.29 is 0 Å². The molecule has 0 saturated carbocycles. The van der Waals surface area contributed by atoms with Gasteiger partial charge in [-0.3, -0.25) is 0 Å². The summed E-state index contributed by atoms with van der Waals surface area (Å²) in [6.07, 6.45) is 5.62. The van der Waals surface area contributed by atoms with Crippen LogP contribution in [0.3, 0.4) is 0 Å². The Kier molecular flexibility index (Phi) is 3.50. The Morgan fingerprint density at radius 3 is 2.40 bits per heavy atom. The third-order valence-corrected chi connectivity index (χ3v) is 2.38. The highest BCUT2D eigenvalue weighted by Gasteiger charge is 2.09. The summed E-state index contributed by atoms with van der Waals surface area (Å²) in [4.78, 5) is 16.7. The molecule has 0 aliphatic carbocycles. The van der Waals surface area contributed by atoms with Crippen LogP contribution >= 0.6 is 0 Å². The van der Waals surface area contributed by atoms with Crippen LogP contribution in [0, 0.1) is 0 Å². The molecule has 1 rings (SSSR count). The third kappa shape index (κ3) is 2.18. The largest absolute Gasteiger partial charge is 0.323 e. The number of aromatic nitrogens is 2. The zero-order chi connectivity index (χ0) is 11.4. The lowest BCUT2D eigenvalue weighted by atomic mass is 10.0. The molecule has 1 aromatic rings. The fraction of sp³-hybridized carbons (Fsp3) is 0.250. The number of hydrogen-bond acceptors (Lipinski definition) is 1. The highest BCUT2D eigenvalue weighted by molar-refractivity contribution is 5.79. The summed E-state index contributed by atoms with van der Waals surface area (Å²) in [7, 11) is 0. The molecular weight excluding hydrogens is 188 g/mol. The van der Waals surface area contributed by atoms with E-state index in [1.54, 1.807) is 6.08 Å². The Morgan fingerprint density at radius 2 is 1.93 bits per heavy atom. The second-order valence-electron chi connectivity index (χ2n) is 3.25. The number of hydrogen-bond donors (Lipinski definition) is 2. The van der Waals surface area contributed by atoms with Crippen LogP contribution < -0.4 is 5.69 Å². The van der Waals surface area contributed by atoms with Gasteiger partial charge in [0.05, 0.1) is 11.4 Å². The molecule has 0 amide bonds. The van der Waals surface area contributed by atoms with E-state index < -0.39 is 0 Å². The molecule has 0 bridgehead atoms. The summed E-state index contributed by atoms with van der Waals surface area (Å²) < 4.78 is 0. The highest BCUT2D eigenvalue weighted by atomic mass is 16.1. The molecular formula is C12H16N2O. The molecule has 0 spiro atoms. The Balaban J connectivity index is 3.36. The summed E-state index contributed by atoms with van der Waals surface area (Å²) in [5, 5.41) is 0. The van der Waals surface area contributed by atoms with Crippen LogP contribution in [0.2, 0.25) is 0 Å². The van der Waals surface area contributed by atoms with E-state index in [-0.39, 0.29) is 5.69 Å². The molecule has 2 N–H and O–H groups in total. The lowest BCUT2D eigenvalue weighted by Crippen LogP contribution is -2.01. The normalized spacial score (nSPS) is 13.0. The number of nitrogens with one attached hydrogen (secondary N) is 2. The van der Waals surface area contributed by atoms with E-state index >= 15 is 0 Å². The fourth-order valence-corrected chi connectivity index (χ4v) is 1.49. The van der Waals surface area contributed by atoms with Gasteiger partial charge in [0, 0.05) is 0 Å². The first kappa shape index (κ1) is 11.3. The molecule has 1 aromatic heterocycles. The highest BCUT2D eigenvalue weighted by Crippen LogP contribution is 2.22. The minimum Gasteiger partial charge on any atom is -0.306 e. The van der Waals surface area contributed by atoms with Crippen LogP contribution in [0.5, 0.6) is 0 Å². The topological polar surface area (TPSA) is 48.6 Å². The fourth-order valence-electron chi connectivity index (χ4n) is 1.49. The Labute approximate surface area is 89.2 Å². The van der Waals surface area contributed by atoms with Crippen LogP contribution in [0.15, 0.2) is 29.1 Å². The van der Waals surface area contributed by atoms with Gasteiger partial charge >= 0.3 is 5.69 Å². The predicted octanol–water partition coefficient (Wildman–Crippen LogP) is 2.72. The van der Waals surface area contributed by atoms with Crippen molar-refractivity contribution >= 4 is 11.6 Å². The molecule has 0 aliphatic rings. The van der Waals surface area contributed by atoms with Gasteiger partial charge in [-0.1, -0.05) is 18.7 Å². The van der Waals surface area contributed by atoms with Crippen molar-refractivity contribution in [1.82, 2.24) is 9.97 Å². The quantitative estimate of drug-likeness (QED) is 0.731. The average Bonchev–Trinajstić information content (AvgIpc) is 2.60. The van der Waals surface area contributed by atoms with E-state index in [4.69, 9.17) is 0 Å². The smallest absolute Gasteiger partial charge is 0.306 e. The van der Waals surface area contributed by atoms with Gasteiger partial charge < -0.3 is 9.97 Å². The summed E-state index contributed by atoms with van der Waals surface area (Å²) in [6.45, 7) is 9.59. The molecule has 15 heavy (non-hydrogen) atoms. The molecule has 0 atom stereocenters. The molecule has 3 heteroatoms. The number of aromatic amines is 2. The van der Waals surface area contributed by atoms with Crippen molar-refractivity contribution in [2.45, 2.75) is 20.8 Å². The Hall–Kier alpha value is -1.77. The van der Waals surface area contributed by atoms with Gasteiger partial charge in [0.15, 0.2) is 0 Å². The molecule has 80 valence electrons. The first-order valence-electron chi connectivity index (χ1n) is 4.88. The maximum atomic E-state index is 11.2. The lowest BCUT2D eigenvalue weighted by molar-refractivity contribution is 1.18. The van der Waals surface area contributed by atoms with Crippen molar-refractivity contribution in [3.05, 3.63) is 46.2 Å². The van der Waals surface area contributed by atoms with Crippen molar-refractivity contribution in [1.29, 1.82) is 0 Å². The number of H-pyrrole nitrogens is 2. The Morgan fingerprint density at radius 1 is 1.27 bits per heavy atom. The maximum Gasteiger partial charge on any atom is 0.323 e. The van der Waals surface area contributed by atoms with Gasteiger partial charge in [0.2, 0.25) is 0 Å². The Bertz CT molecular complexity index is 472. The molecule has 0 unspecified atom stereocenters. The molecule has 0 aliphatic heterocycles. The van der Waals surface area contributed by atoms with Gasteiger partial charge in [-0.05, 0) is 38.0 Å².